The first-order valence-corrected chi connectivity index (χ1v) is 5.12. The molecular weight excluding hydrogens is 220 g/mol. The first-order chi connectivity index (χ1) is 8.20. The predicted octanol–water partition coefficient (Wildman–Crippen LogP) is 2.11. The summed E-state index contributed by atoms with van der Waals surface area (Å²) in [5, 5.41) is 8.55. The Morgan fingerprint density at radius 2 is 2.35 bits per heavy atom. The molecule has 0 spiro atoms. The fourth-order valence-electron chi connectivity index (χ4n) is 1.63. The molecule has 0 unspecified atom stereocenters. The van der Waals surface area contributed by atoms with Crippen LogP contribution < -0.4 is 9.47 Å². The summed E-state index contributed by atoms with van der Waals surface area (Å²) in [5.41, 5.74) is 1.70. The normalized spacial score (nSPS) is 13.8. The lowest BCUT2D eigenvalue weighted by atomic mass is 10.1. The Labute approximate surface area is 98.8 Å². The van der Waals surface area contributed by atoms with Crippen molar-refractivity contribution in [2.24, 2.45) is 0 Å². The molecule has 1 aliphatic rings. The molecule has 0 fully saturated rings. The van der Waals surface area contributed by atoms with Crippen LogP contribution in [0, 0.1) is 0 Å². The lowest BCUT2D eigenvalue weighted by molar-refractivity contribution is -0.131. The Hall–Kier alpha value is -2.23. The second kappa shape index (κ2) is 4.74. The van der Waals surface area contributed by atoms with Crippen LogP contribution in [0.3, 0.4) is 0 Å². The SMILES string of the molecule is COc1cccc2c1OCC(/C=C/C(=O)O)=C2. The number of benzene rings is 1. The van der Waals surface area contributed by atoms with Crippen LogP contribution in [0.5, 0.6) is 11.5 Å². The van der Waals surface area contributed by atoms with E-state index < -0.39 is 5.97 Å². The highest BCUT2D eigenvalue weighted by atomic mass is 16.5. The summed E-state index contributed by atoms with van der Waals surface area (Å²) in [6.07, 6.45) is 4.52. The molecule has 1 heterocycles. The molecule has 2 rings (SSSR count). The van der Waals surface area contributed by atoms with Crippen molar-refractivity contribution in [3.8, 4) is 11.5 Å². The molecule has 1 aromatic carbocycles. The molecule has 1 aliphatic heterocycles. The molecule has 0 atom stereocenters. The molecule has 0 saturated carbocycles. The van der Waals surface area contributed by atoms with E-state index in [2.05, 4.69) is 0 Å². The van der Waals surface area contributed by atoms with Crippen molar-refractivity contribution in [3.05, 3.63) is 41.5 Å². The summed E-state index contributed by atoms with van der Waals surface area (Å²) < 4.78 is 10.7. The molecule has 0 bridgehead atoms. The number of ether oxygens (including phenoxy) is 2. The van der Waals surface area contributed by atoms with Gasteiger partial charge in [-0.2, -0.15) is 0 Å². The molecule has 88 valence electrons. The lowest BCUT2D eigenvalue weighted by Crippen LogP contribution is -2.07. The van der Waals surface area contributed by atoms with Crippen LogP contribution in [0.1, 0.15) is 5.56 Å². The van der Waals surface area contributed by atoms with Gasteiger partial charge in [-0.1, -0.05) is 12.1 Å². The summed E-state index contributed by atoms with van der Waals surface area (Å²) in [7, 11) is 1.59. The number of fused-ring (bicyclic) bond motifs is 1. The zero-order valence-electron chi connectivity index (χ0n) is 9.34. The fraction of sp³-hybridized carbons (Fsp3) is 0.154. The monoisotopic (exact) mass is 232 g/mol. The van der Waals surface area contributed by atoms with Crippen LogP contribution in [-0.4, -0.2) is 24.8 Å². The highest BCUT2D eigenvalue weighted by molar-refractivity contribution is 5.81. The van der Waals surface area contributed by atoms with Gasteiger partial charge in [-0.05, 0) is 23.8 Å². The third kappa shape index (κ3) is 2.47. The Morgan fingerprint density at radius 3 is 3.06 bits per heavy atom. The van der Waals surface area contributed by atoms with Gasteiger partial charge in [-0.15, -0.1) is 0 Å². The molecule has 4 nitrogen and oxygen atoms in total. The lowest BCUT2D eigenvalue weighted by Gasteiger charge is -2.18. The van der Waals surface area contributed by atoms with Crippen molar-refractivity contribution in [3.63, 3.8) is 0 Å². The standard InChI is InChI=1S/C13H12O4/c1-16-11-4-2-3-10-7-9(5-6-12(14)15)8-17-13(10)11/h2-7H,8H2,1H3,(H,14,15)/b6-5+. The van der Waals surface area contributed by atoms with Gasteiger partial charge >= 0.3 is 5.97 Å². The van der Waals surface area contributed by atoms with Crippen LogP contribution in [0.25, 0.3) is 6.08 Å². The van der Waals surface area contributed by atoms with Crippen LogP contribution >= 0.6 is 0 Å². The van der Waals surface area contributed by atoms with E-state index in [1.54, 1.807) is 7.11 Å². The molecule has 1 aromatic rings. The Kier molecular flexibility index (Phi) is 3.14. The minimum Gasteiger partial charge on any atom is -0.493 e. The van der Waals surface area contributed by atoms with Crippen molar-refractivity contribution in [1.29, 1.82) is 0 Å². The Morgan fingerprint density at radius 1 is 1.53 bits per heavy atom. The topological polar surface area (TPSA) is 55.8 Å². The summed E-state index contributed by atoms with van der Waals surface area (Å²) in [6, 6.07) is 5.58. The minimum atomic E-state index is -0.970. The first-order valence-electron chi connectivity index (χ1n) is 5.12. The molecule has 0 radical (unpaired) electrons. The number of para-hydroxylation sites is 1. The average Bonchev–Trinajstić information content (AvgIpc) is 2.35. The first kappa shape index (κ1) is 11.3. The van der Waals surface area contributed by atoms with E-state index in [9.17, 15) is 4.79 Å². The number of aliphatic carboxylic acids is 1. The second-order valence-corrected chi connectivity index (χ2v) is 3.56. The second-order valence-electron chi connectivity index (χ2n) is 3.56. The van der Waals surface area contributed by atoms with Crippen molar-refractivity contribution in [2.75, 3.05) is 13.7 Å². The maximum Gasteiger partial charge on any atom is 0.328 e. The van der Waals surface area contributed by atoms with E-state index >= 15 is 0 Å². The van der Waals surface area contributed by atoms with Gasteiger partial charge in [-0.3, -0.25) is 0 Å². The van der Waals surface area contributed by atoms with Crippen molar-refractivity contribution in [2.45, 2.75) is 0 Å². The summed E-state index contributed by atoms with van der Waals surface area (Å²) >= 11 is 0. The molecule has 0 saturated heterocycles. The number of carboxylic acid groups (broad SMARTS) is 1. The Balaban J connectivity index is 2.32. The van der Waals surface area contributed by atoms with Gasteiger partial charge in [-0.25, -0.2) is 4.79 Å². The maximum absolute atomic E-state index is 10.4. The number of hydrogen-bond donors (Lipinski definition) is 1. The number of carbonyl (C=O) groups is 1. The molecule has 17 heavy (non-hydrogen) atoms. The minimum absolute atomic E-state index is 0.344. The summed E-state index contributed by atoms with van der Waals surface area (Å²) in [5.74, 6) is 0.407. The number of rotatable bonds is 3. The molecule has 0 aliphatic carbocycles. The van der Waals surface area contributed by atoms with E-state index in [1.165, 1.54) is 6.08 Å². The Bertz CT molecular complexity index is 500. The maximum atomic E-state index is 10.4. The van der Waals surface area contributed by atoms with Crippen LogP contribution in [-0.2, 0) is 4.79 Å². The van der Waals surface area contributed by atoms with E-state index in [0.29, 0.717) is 18.1 Å². The van der Waals surface area contributed by atoms with Gasteiger partial charge in [0.25, 0.3) is 0 Å². The van der Waals surface area contributed by atoms with E-state index in [0.717, 1.165) is 17.2 Å². The van der Waals surface area contributed by atoms with Crippen molar-refractivity contribution >= 4 is 12.0 Å². The highest BCUT2D eigenvalue weighted by Crippen LogP contribution is 2.35. The summed E-state index contributed by atoms with van der Waals surface area (Å²) in [4.78, 5) is 10.4. The largest absolute Gasteiger partial charge is 0.493 e. The fourth-order valence-corrected chi connectivity index (χ4v) is 1.63. The number of hydrogen-bond acceptors (Lipinski definition) is 3. The summed E-state index contributed by atoms with van der Waals surface area (Å²) in [6.45, 7) is 0.344. The van der Waals surface area contributed by atoms with Gasteiger partial charge in [0.05, 0.1) is 7.11 Å². The van der Waals surface area contributed by atoms with Gasteiger partial charge in [0.2, 0.25) is 0 Å². The number of methoxy groups -OCH3 is 1. The molecular formula is C13H12O4. The molecule has 0 amide bonds. The van der Waals surface area contributed by atoms with Gasteiger partial charge < -0.3 is 14.6 Å². The molecule has 1 N–H and O–H groups in total. The van der Waals surface area contributed by atoms with E-state index in [1.807, 2.05) is 24.3 Å². The van der Waals surface area contributed by atoms with Gasteiger partial charge in [0, 0.05) is 11.6 Å². The zero-order chi connectivity index (χ0) is 12.3. The van der Waals surface area contributed by atoms with Crippen molar-refractivity contribution in [1.82, 2.24) is 0 Å². The van der Waals surface area contributed by atoms with Gasteiger partial charge in [0.15, 0.2) is 11.5 Å². The quantitative estimate of drug-likeness (QED) is 0.811. The van der Waals surface area contributed by atoms with Crippen LogP contribution in [0.4, 0.5) is 0 Å². The average molecular weight is 232 g/mol. The molecule has 4 heteroatoms. The smallest absolute Gasteiger partial charge is 0.328 e. The van der Waals surface area contributed by atoms with E-state index in [-0.39, 0.29) is 0 Å². The van der Waals surface area contributed by atoms with E-state index in [4.69, 9.17) is 14.6 Å². The van der Waals surface area contributed by atoms with Crippen LogP contribution in [0.2, 0.25) is 0 Å². The van der Waals surface area contributed by atoms with Crippen LogP contribution in [0.15, 0.2) is 35.9 Å². The molecule has 0 aromatic heterocycles. The van der Waals surface area contributed by atoms with Crippen molar-refractivity contribution < 1.29 is 19.4 Å². The zero-order valence-corrected chi connectivity index (χ0v) is 9.34. The highest BCUT2D eigenvalue weighted by Gasteiger charge is 2.14. The third-order valence-corrected chi connectivity index (χ3v) is 2.39. The third-order valence-electron chi connectivity index (χ3n) is 2.39. The van der Waals surface area contributed by atoms with Gasteiger partial charge in [0.1, 0.15) is 6.61 Å². The number of carboxylic acids is 1. The predicted molar refractivity (Wildman–Crippen MR) is 63.2 cm³/mol.